The fourth-order valence-electron chi connectivity index (χ4n) is 2.02. The van der Waals surface area contributed by atoms with E-state index in [1.54, 1.807) is 4.90 Å². The molecule has 2 rings (SSSR count). The van der Waals surface area contributed by atoms with Crippen LogP contribution in [-0.2, 0) is 4.79 Å². The summed E-state index contributed by atoms with van der Waals surface area (Å²) in [6.45, 7) is 0. The van der Waals surface area contributed by atoms with Gasteiger partial charge in [0, 0.05) is 19.5 Å². The second-order valence-electron chi connectivity index (χ2n) is 3.73. The molecule has 1 heterocycles. The van der Waals surface area contributed by atoms with Crippen molar-refractivity contribution >= 4 is 5.91 Å². The summed E-state index contributed by atoms with van der Waals surface area (Å²) in [5.41, 5.74) is 7.05. The minimum atomic E-state index is -0.0742. The van der Waals surface area contributed by atoms with E-state index in [4.69, 9.17) is 5.73 Å². The highest BCUT2D eigenvalue weighted by atomic mass is 16.2. The Labute approximate surface area is 83.5 Å². The van der Waals surface area contributed by atoms with Gasteiger partial charge in [-0.2, -0.15) is 0 Å². The molecular formula is C11H14N2O. The van der Waals surface area contributed by atoms with Crippen LogP contribution in [0.4, 0.5) is 0 Å². The van der Waals surface area contributed by atoms with Crippen molar-refractivity contribution in [2.75, 3.05) is 7.05 Å². The highest BCUT2D eigenvalue weighted by Gasteiger charge is 2.35. The Morgan fingerprint density at radius 3 is 2.50 bits per heavy atom. The van der Waals surface area contributed by atoms with Gasteiger partial charge in [-0.05, 0) is 5.56 Å². The van der Waals surface area contributed by atoms with E-state index in [0.717, 1.165) is 5.56 Å². The summed E-state index contributed by atoms with van der Waals surface area (Å²) in [7, 11) is 1.81. The number of carbonyl (C=O) groups excluding carboxylic acids is 1. The van der Waals surface area contributed by atoms with Crippen LogP contribution in [0, 0.1) is 0 Å². The van der Waals surface area contributed by atoms with E-state index in [-0.39, 0.29) is 18.0 Å². The van der Waals surface area contributed by atoms with Crippen LogP contribution in [0.3, 0.4) is 0 Å². The molecule has 1 aromatic carbocycles. The highest BCUT2D eigenvalue weighted by molar-refractivity contribution is 5.80. The predicted octanol–water partition coefficient (Wildman–Crippen LogP) is 0.917. The molecule has 0 radical (unpaired) electrons. The van der Waals surface area contributed by atoms with Crippen molar-refractivity contribution in [2.24, 2.45) is 5.73 Å². The van der Waals surface area contributed by atoms with Crippen molar-refractivity contribution in [3.05, 3.63) is 35.9 Å². The van der Waals surface area contributed by atoms with Crippen molar-refractivity contribution < 1.29 is 4.79 Å². The third-order valence-electron chi connectivity index (χ3n) is 2.77. The molecule has 0 aliphatic carbocycles. The Balaban J connectivity index is 2.31. The van der Waals surface area contributed by atoms with E-state index < -0.39 is 0 Å². The molecule has 1 aromatic rings. The molecule has 1 amide bonds. The van der Waals surface area contributed by atoms with E-state index in [0.29, 0.717) is 6.42 Å². The van der Waals surface area contributed by atoms with E-state index in [1.807, 2.05) is 37.4 Å². The summed E-state index contributed by atoms with van der Waals surface area (Å²) in [4.78, 5) is 13.2. The molecule has 0 saturated carbocycles. The van der Waals surface area contributed by atoms with Gasteiger partial charge in [0.15, 0.2) is 0 Å². The van der Waals surface area contributed by atoms with Gasteiger partial charge in [-0.3, -0.25) is 4.79 Å². The van der Waals surface area contributed by atoms with Crippen molar-refractivity contribution in [3.8, 4) is 0 Å². The van der Waals surface area contributed by atoms with Crippen molar-refractivity contribution in [2.45, 2.75) is 18.5 Å². The van der Waals surface area contributed by atoms with Gasteiger partial charge >= 0.3 is 0 Å². The molecule has 2 N–H and O–H groups in total. The summed E-state index contributed by atoms with van der Waals surface area (Å²) in [5, 5.41) is 0. The Morgan fingerprint density at radius 1 is 1.36 bits per heavy atom. The molecule has 2 unspecified atom stereocenters. The number of hydrogen-bond acceptors (Lipinski definition) is 2. The van der Waals surface area contributed by atoms with Crippen LogP contribution in [0.1, 0.15) is 18.0 Å². The van der Waals surface area contributed by atoms with Gasteiger partial charge in [0.1, 0.15) is 0 Å². The molecule has 14 heavy (non-hydrogen) atoms. The van der Waals surface area contributed by atoms with Crippen LogP contribution >= 0.6 is 0 Å². The average Bonchev–Trinajstić information content (AvgIpc) is 2.43. The molecule has 0 spiro atoms. The number of nitrogens with two attached hydrogens (primary N) is 1. The maximum absolute atomic E-state index is 11.4. The quantitative estimate of drug-likeness (QED) is 0.715. The zero-order valence-electron chi connectivity index (χ0n) is 8.18. The van der Waals surface area contributed by atoms with Crippen LogP contribution in [0.25, 0.3) is 0 Å². The van der Waals surface area contributed by atoms with E-state index in [2.05, 4.69) is 0 Å². The molecule has 3 nitrogen and oxygen atoms in total. The first kappa shape index (κ1) is 9.21. The lowest BCUT2D eigenvalue weighted by Gasteiger charge is -2.23. The maximum atomic E-state index is 11.4. The third-order valence-corrected chi connectivity index (χ3v) is 2.77. The molecular weight excluding hydrogens is 176 g/mol. The molecule has 0 bridgehead atoms. The third kappa shape index (κ3) is 1.40. The molecule has 1 aliphatic rings. The number of nitrogens with zero attached hydrogens (tertiary/aromatic N) is 1. The highest BCUT2D eigenvalue weighted by Crippen LogP contribution is 2.29. The topological polar surface area (TPSA) is 46.3 Å². The number of carbonyl (C=O) groups is 1. The minimum absolute atomic E-state index is 0.0451. The zero-order chi connectivity index (χ0) is 10.1. The van der Waals surface area contributed by atoms with Gasteiger partial charge < -0.3 is 10.6 Å². The molecule has 1 aliphatic heterocycles. The lowest BCUT2D eigenvalue weighted by molar-refractivity contribution is -0.127. The molecule has 3 heteroatoms. The molecule has 0 aromatic heterocycles. The minimum Gasteiger partial charge on any atom is -0.337 e. The lowest BCUT2D eigenvalue weighted by Crippen LogP contribution is -2.30. The monoisotopic (exact) mass is 190 g/mol. The molecule has 1 fully saturated rings. The zero-order valence-corrected chi connectivity index (χ0v) is 8.18. The smallest absolute Gasteiger partial charge is 0.224 e. The Hall–Kier alpha value is -1.35. The molecule has 2 atom stereocenters. The number of rotatable bonds is 1. The summed E-state index contributed by atoms with van der Waals surface area (Å²) in [6, 6.07) is 9.90. The number of hydrogen-bond donors (Lipinski definition) is 1. The lowest BCUT2D eigenvalue weighted by atomic mass is 10.0. The van der Waals surface area contributed by atoms with Crippen LogP contribution in [0.5, 0.6) is 0 Å². The van der Waals surface area contributed by atoms with Gasteiger partial charge in [0.05, 0.1) is 6.04 Å². The second kappa shape index (κ2) is 3.42. The van der Waals surface area contributed by atoms with Crippen LogP contribution in [-0.4, -0.2) is 23.9 Å². The SMILES string of the molecule is CN1C(=O)CC(N)C1c1ccccc1. The van der Waals surface area contributed by atoms with Gasteiger partial charge in [-0.25, -0.2) is 0 Å². The van der Waals surface area contributed by atoms with Crippen LogP contribution in [0.2, 0.25) is 0 Å². The Kier molecular flexibility index (Phi) is 2.25. The normalized spacial score (nSPS) is 27.0. The average molecular weight is 190 g/mol. The van der Waals surface area contributed by atoms with Gasteiger partial charge in [-0.15, -0.1) is 0 Å². The van der Waals surface area contributed by atoms with E-state index >= 15 is 0 Å². The predicted molar refractivity (Wildman–Crippen MR) is 54.5 cm³/mol. The first-order valence-electron chi connectivity index (χ1n) is 4.76. The molecule has 1 saturated heterocycles. The first-order chi connectivity index (χ1) is 6.70. The largest absolute Gasteiger partial charge is 0.337 e. The van der Waals surface area contributed by atoms with Gasteiger partial charge in [-0.1, -0.05) is 30.3 Å². The van der Waals surface area contributed by atoms with Crippen molar-refractivity contribution in [3.63, 3.8) is 0 Å². The van der Waals surface area contributed by atoms with Gasteiger partial charge in [0.25, 0.3) is 0 Å². The van der Waals surface area contributed by atoms with E-state index in [1.165, 1.54) is 0 Å². The number of likely N-dealkylation sites (N-methyl/N-ethyl adjacent to an activating group) is 1. The van der Waals surface area contributed by atoms with Crippen LogP contribution < -0.4 is 5.73 Å². The number of likely N-dealkylation sites (tertiary alicyclic amines) is 1. The summed E-state index contributed by atoms with van der Waals surface area (Å²) >= 11 is 0. The van der Waals surface area contributed by atoms with Crippen molar-refractivity contribution in [1.82, 2.24) is 4.90 Å². The maximum Gasteiger partial charge on any atom is 0.224 e. The summed E-state index contributed by atoms with van der Waals surface area (Å²) in [6.07, 6.45) is 0.454. The second-order valence-corrected chi connectivity index (χ2v) is 3.73. The summed E-state index contributed by atoms with van der Waals surface area (Å²) < 4.78 is 0. The van der Waals surface area contributed by atoms with Crippen molar-refractivity contribution in [1.29, 1.82) is 0 Å². The number of amides is 1. The van der Waals surface area contributed by atoms with E-state index in [9.17, 15) is 4.79 Å². The molecule has 74 valence electrons. The van der Waals surface area contributed by atoms with Crippen LogP contribution in [0.15, 0.2) is 30.3 Å². The Morgan fingerprint density at radius 2 is 2.00 bits per heavy atom. The Bertz CT molecular complexity index is 336. The first-order valence-corrected chi connectivity index (χ1v) is 4.76. The fraction of sp³-hybridized carbons (Fsp3) is 0.364. The summed E-state index contributed by atoms with van der Waals surface area (Å²) in [5.74, 6) is 0.131. The standard InChI is InChI=1S/C11H14N2O/c1-13-10(14)7-9(12)11(13)8-5-3-2-4-6-8/h2-6,9,11H,7,12H2,1H3. The van der Waals surface area contributed by atoms with Gasteiger partial charge in [0.2, 0.25) is 5.91 Å². The number of benzene rings is 1. The fourth-order valence-corrected chi connectivity index (χ4v) is 2.02.